The van der Waals surface area contributed by atoms with Crippen LogP contribution in [0.3, 0.4) is 0 Å². The van der Waals surface area contributed by atoms with Crippen LogP contribution in [0, 0.1) is 13.8 Å². The molecule has 1 aromatic carbocycles. The van der Waals surface area contributed by atoms with Gasteiger partial charge in [0, 0.05) is 17.7 Å². The summed E-state index contributed by atoms with van der Waals surface area (Å²) >= 11 is 0. The monoisotopic (exact) mass is 386 g/mol. The maximum absolute atomic E-state index is 6.10. The summed E-state index contributed by atoms with van der Waals surface area (Å²) in [6.45, 7) is 4.86. The van der Waals surface area contributed by atoms with Gasteiger partial charge in [-0.3, -0.25) is 5.10 Å². The quantitative estimate of drug-likeness (QED) is 0.715. The van der Waals surface area contributed by atoms with Crippen molar-refractivity contribution >= 4 is 12.4 Å². The third kappa shape index (κ3) is 4.22. The van der Waals surface area contributed by atoms with Crippen LogP contribution in [0.25, 0.3) is 11.4 Å². The van der Waals surface area contributed by atoms with Crippen LogP contribution in [0.5, 0.6) is 0 Å². The molecule has 0 saturated heterocycles. The van der Waals surface area contributed by atoms with Gasteiger partial charge in [0.15, 0.2) is 5.82 Å². The molecule has 2 aromatic heterocycles. The van der Waals surface area contributed by atoms with Crippen molar-refractivity contribution in [2.24, 2.45) is 5.73 Å². The van der Waals surface area contributed by atoms with Crippen molar-refractivity contribution in [1.29, 1.82) is 0 Å². The summed E-state index contributed by atoms with van der Waals surface area (Å²) in [7, 11) is 0. The number of hydrogen-bond donors (Lipinski definition) is 2. The SMILES string of the molecule is Cc1cccc(Cn2nc(-c3cn[nH]c3C)nc2C2CCC(N)CC2)c1.Cl. The van der Waals surface area contributed by atoms with Gasteiger partial charge in [-0.15, -0.1) is 12.4 Å². The first-order valence-corrected chi connectivity index (χ1v) is 9.36. The minimum atomic E-state index is 0. The smallest absolute Gasteiger partial charge is 0.184 e. The van der Waals surface area contributed by atoms with Crippen LogP contribution in [-0.2, 0) is 6.54 Å². The van der Waals surface area contributed by atoms with Gasteiger partial charge in [0.25, 0.3) is 0 Å². The zero-order chi connectivity index (χ0) is 18.1. The number of nitrogens with zero attached hydrogens (tertiary/aromatic N) is 4. The van der Waals surface area contributed by atoms with E-state index in [0.717, 1.165) is 55.1 Å². The molecule has 27 heavy (non-hydrogen) atoms. The molecule has 0 aliphatic heterocycles. The Balaban J connectivity index is 0.00000210. The van der Waals surface area contributed by atoms with E-state index in [1.165, 1.54) is 11.1 Å². The largest absolute Gasteiger partial charge is 0.328 e. The van der Waals surface area contributed by atoms with Crippen molar-refractivity contribution in [3.05, 3.63) is 53.1 Å². The minimum Gasteiger partial charge on any atom is -0.328 e. The normalized spacial score (nSPS) is 19.7. The molecule has 0 bridgehead atoms. The minimum absolute atomic E-state index is 0. The van der Waals surface area contributed by atoms with E-state index in [1.807, 2.05) is 13.1 Å². The molecule has 0 radical (unpaired) electrons. The summed E-state index contributed by atoms with van der Waals surface area (Å²) < 4.78 is 2.08. The summed E-state index contributed by atoms with van der Waals surface area (Å²) in [4.78, 5) is 4.93. The summed E-state index contributed by atoms with van der Waals surface area (Å²) in [5.41, 5.74) is 10.6. The van der Waals surface area contributed by atoms with E-state index in [9.17, 15) is 0 Å². The Labute approximate surface area is 166 Å². The molecule has 1 fully saturated rings. The lowest BCUT2D eigenvalue weighted by molar-refractivity contribution is 0.374. The molecule has 144 valence electrons. The highest BCUT2D eigenvalue weighted by atomic mass is 35.5. The molecule has 6 nitrogen and oxygen atoms in total. The lowest BCUT2D eigenvalue weighted by Crippen LogP contribution is -2.27. The second-order valence-corrected chi connectivity index (χ2v) is 7.46. The third-order valence-electron chi connectivity index (χ3n) is 5.32. The lowest BCUT2D eigenvalue weighted by atomic mass is 9.86. The molecule has 0 spiro atoms. The second-order valence-electron chi connectivity index (χ2n) is 7.46. The van der Waals surface area contributed by atoms with E-state index >= 15 is 0 Å². The zero-order valence-electron chi connectivity index (χ0n) is 15.9. The Morgan fingerprint density at radius 1 is 1.19 bits per heavy atom. The molecule has 1 aliphatic carbocycles. The van der Waals surface area contributed by atoms with Crippen molar-refractivity contribution in [2.45, 2.75) is 58.0 Å². The number of benzene rings is 1. The van der Waals surface area contributed by atoms with Gasteiger partial charge < -0.3 is 5.73 Å². The molecule has 3 aromatic rings. The van der Waals surface area contributed by atoms with Gasteiger partial charge in [-0.05, 0) is 45.1 Å². The molecule has 1 saturated carbocycles. The molecule has 0 unspecified atom stereocenters. The average Bonchev–Trinajstić information content (AvgIpc) is 3.22. The highest BCUT2D eigenvalue weighted by Crippen LogP contribution is 2.33. The number of H-pyrrole nitrogens is 1. The van der Waals surface area contributed by atoms with Crippen LogP contribution < -0.4 is 5.73 Å². The van der Waals surface area contributed by atoms with Crippen molar-refractivity contribution in [1.82, 2.24) is 25.0 Å². The maximum atomic E-state index is 6.10. The Bertz CT molecular complexity index is 892. The van der Waals surface area contributed by atoms with Gasteiger partial charge in [-0.2, -0.15) is 10.2 Å². The Morgan fingerprint density at radius 2 is 1.96 bits per heavy atom. The van der Waals surface area contributed by atoms with Gasteiger partial charge in [0.1, 0.15) is 5.82 Å². The maximum Gasteiger partial charge on any atom is 0.184 e. The molecule has 7 heteroatoms. The summed E-state index contributed by atoms with van der Waals surface area (Å²) in [5, 5.41) is 12.0. The van der Waals surface area contributed by atoms with Gasteiger partial charge in [-0.25, -0.2) is 9.67 Å². The van der Waals surface area contributed by atoms with Crippen LogP contribution in [-0.4, -0.2) is 31.0 Å². The van der Waals surface area contributed by atoms with E-state index < -0.39 is 0 Å². The van der Waals surface area contributed by atoms with Gasteiger partial charge in [0.2, 0.25) is 0 Å². The number of nitrogens with one attached hydrogen (secondary N) is 1. The molecule has 3 N–H and O–H groups in total. The average molecular weight is 387 g/mol. The van der Waals surface area contributed by atoms with Crippen LogP contribution in [0.1, 0.15) is 54.2 Å². The standard InChI is InChI=1S/C20H26N6.ClH/c1-13-4-3-5-15(10-13)12-26-20(16-6-8-17(21)9-7-16)23-19(25-26)18-11-22-24-14(18)2;/h3-5,10-11,16-17H,6-9,12,21H2,1-2H3,(H,22,24);1H. The number of rotatable bonds is 4. The number of aryl methyl sites for hydroxylation is 2. The van der Waals surface area contributed by atoms with Crippen LogP contribution in [0.15, 0.2) is 30.5 Å². The van der Waals surface area contributed by atoms with Crippen LogP contribution in [0.4, 0.5) is 0 Å². The molecule has 0 atom stereocenters. The van der Waals surface area contributed by atoms with Gasteiger partial charge in [0.05, 0.1) is 18.3 Å². The van der Waals surface area contributed by atoms with E-state index in [2.05, 4.69) is 46.1 Å². The van der Waals surface area contributed by atoms with E-state index in [1.54, 1.807) is 0 Å². The summed E-state index contributed by atoms with van der Waals surface area (Å²) in [6.07, 6.45) is 6.08. The lowest BCUT2D eigenvalue weighted by Gasteiger charge is -2.25. The van der Waals surface area contributed by atoms with Gasteiger partial charge in [-0.1, -0.05) is 29.8 Å². The number of hydrogen-bond acceptors (Lipinski definition) is 4. The first kappa shape index (κ1) is 19.6. The fraction of sp³-hybridized carbons (Fsp3) is 0.450. The molecule has 1 aliphatic rings. The first-order chi connectivity index (χ1) is 12.6. The van der Waals surface area contributed by atoms with Crippen molar-refractivity contribution in [3.63, 3.8) is 0 Å². The Kier molecular flexibility index (Phi) is 5.97. The highest BCUT2D eigenvalue weighted by Gasteiger charge is 2.26. The van der Waals surface area contributed by atoms with E-state index in [0.29, 0.717) is 12.0 Å². The Hall–Kier alpha value is -2.18. The van der Waals surface area contributed by atoms with Crippen LogP contribution in [0.2, 0.25) is 0 Å². The topological polar surface area (TPSA) is 85.4 Å². The Morgan fingerprint density at radius 3 is 2.63 bits per heavy atom. The summed E-state index contributed by atoms with van der Waals surface area (Å²) in [5.74, 6) is 2.26. The molecular weight excluding hydrogens is 360 g/mol. The fourth-order valence-corrected chi connectivity index (χ4v) is 3.82. The molecule has 0 amide bonds. The summed E-state index contributed by atoms with van der Waals surface area (Å²) in [6, 6.07) is 8.91. The fourth-order valence-electron chi connectivity index (χ4n) is 3.82. The number of halogens is 1. The second kappa shape index (κ2) is 8.23. The highest BCUT2D eigenvalue weighted by molar-refractivity contribution is 5.85. The third-order valence-corrected chi connectivity index (χ3v) is 5.32. The van der Waals surface area contributed by atoms with Crippen molar-refractivity contribution in [2.75, 3.05) is 0 Å². The molecule has 4 rings (SSSR count). The van der Waals surface area contributed by atoms with Crippen molar-refractivity contribution < 1.29 is 0 Å². The number of aromatic amines is 1. The van der Waals surface area contributed by atoms with Crippen molar-refractivity contribution in [3.8, 4) is 11.4 Å². The number of nitrogens with two attached hydrogens (primary N) is 1. The van der Waals surface area contributed by atoms with Gasteiger partial charge >= 0.3 is 0 Å². The predicted octanol–water partition coefficient (Wildman–Crippen LogP) is 3.74. The number of aromatic nitrogens is 5. The zero-order valence-corrected chi connectivity index (χ0v) is 16.7. The van der Waals surface area contributed by atoms with E-state index in [-0.39, 0.29) is 12.4 Å². The van der Waals surface area contributed by atoms with E-state index in [4.69, 9.17) is 15.8 Å². The predicted molar refractivity (Wildman–Crippen MR) is 109 cm³/mol. The molecule has 2 heterocycles. The molecular formula is C20H27ClN6. The van der Waals surface area contributed by atoms with Crippen LogP contribution >= 0.6 is 12.4 Å². The first-order valence-electron chi connectivity index (χ1n) is 9.36.